The van der Waals surface area contributed by atoms with Crippen LogP contribution in [0.3, 0.4) is 0 Å². The van der Waals surface area contributed by atoms with E-state index in [1.54, 1.807) is 0 Å². The van der Waals surface area contributed by atoms with E-state index in [1.807, 2.05) is 36.4 Å². The summed E-state index contributed by atoms with van der Waals surface area (Å²) in [5, 5.41) is 1.92. The van der Waals surface area contributed by atoms with Crippen molar-refractivity contribution < 1.29 is 0 Å². The molecule has 2 rings (SSSR count). The lowest BCUT2D eigenvalue weighted by Gasteiger charge is -2.15. The minimum atomic E-state index is 0.211. The minimum absolute atomic E-state index is 0.211. The molecule has 3 nitrogen and oxygen atoms in total. The van der Waals surface area contributed by atoms with Gasteiger partial charge in [-0.3, -0.25) is 5.01 Å². The van der Waals surface area contributed by atoms with E-state index in [0.717, 1.165) is 5.84 Å². The van der Waals surface area contributed by atoms with E-state index >= 15 is 0 Å². The number of allylic oxidation sites excluding steroid dienone is 2. The van der Waals surface area contributed by atoms with Crippen LogP contribution in [-0.4, -0.2) is 17.0 Å². The van der Waals surface area contributed by atoms with Gasteiger partial charge in [-0.25, -0.2) is 10.4 Å². The van der Waals surface area contributed by atoms with E-state index < -0.39 is 0 Å². The fourth-order valence-corrected chi connectivity index (χ4v) is 1.08. The van der Waals surface area contributed by atoms with Crippen LogP contribution >= 0.6 is 0 Å². The number of amidine groups is 1. The van der Waals surface area contributed by atoms with Gasteiger partial charge in [0, 0.05) is 6.20 Å². The third-order valence-electron chi connectivity index (χ3n) is 1.49. The molecule has 1 atom stereocenters. The Labute approximate surface area is 59.7 Å². The van der Waals surface area contributed by atoms with E-state index in [-0.39, 0.29) is 6.17 Å². The van der Waals surface area contributed by atoms with Gasteiger partial charge >= 0.3 is 0 Å². The summed E-state index contributed by atoms with van der Waals surface area (Å²) in [4.78, 5) is 4.30. The Kier molecular flexibility index (Phi) is 1.11. The minimum Gasteiger partial charge on any atom is -0.265 e. The van der Waals surface area contributed by atoms with Crippen LogP contribution in [0.5, 0.6) is 0 Å². The van der Waals surface area contributed by atoms with Crippen LogP contribution in [-0.2, 0) is 0 Å². The number of hydrazine groups is 1. The van der Waals surface area contributed by atoms with Gasteiger partial charge in [0.05, 0.1) is 0 Å². The quantitative estimate of drug-likeness (QED) is 0.527. The first-order chi connectivity index (χ1) is 4.86. The highest BCUT2D eigenvalue weighted by Gasteiger charge is 2.17. The summed E-state index contributed by atoms with van der Waals surface area (Å²) in [5.74, 6) is 0.995. The first kappa shape index (κ1) is 5.68. The summed E-state index contributed by atoms with van der Waals surface area (Å²) in [6.45, 7) is 2.02. The molecule has 0 bridgehead atoms. The lowest BCUT2D eigenvalue weighted by molar-refractivity contribution is 0.395. The first-order valence-corrected chi connectivity index (χ1v) is 3.34. The van der Waals surface area contributed by atoms with Gasteiger partial charge in [-0.15, -0.1) is 0 Å². The number of hydrogen-bond acceptors (Lipinski definition) is 3. The molecule has 0 aromatic carbocycles. The van der Waals surface area contributed by atoms with Crippen LogP contribution in [0.15, 0.2) is 29.4 Å². The molecule has 0 aliphatic carbocycles. The van der Waals surface area contributed by atoms with E-state index in [4.69, 9.17) is 0 Å². The molecule has 0 spiro atoms. The zero-order chi connectivity index (χ0) is 6.97. The van der Waals surface area contributed by atoms with Crippen LogP contribution in [0.4, 0.5) is 0 Å². The largest absolute Gasteiger partial charge is 0.265 e. The van der Waals surface area contributed by atoms with Crippen molar-refractivity contribution in [1.29, 1.82) is 0 Å². The molecule has 2 aliphatic rings. The fourth-order valence-electron chi connectivity index (χ4n) is 1.08. The zero-order valence-corrected chi connectivity index (χ0v) is 5.78. The van der Waals surface area contributed by atoms with Crippen LogP contribution in [0.1, 0.15) is 6.92 Å². The van der Waals surface area contributed by atoms with Crippen molar-refractivity contribution in [3.8, 4) is 0 Å². The van der Waals surface area contributed by atoms with Gasteiger partial charge in [0.25, 0.3) is 0 Å². The summed E-state index contributed by atoms with van der Waals surface area (Å²) in [6, 6.07) is 0. The SMILES string of the molecule is CC1N=C2C=CC=CN2N1. The topological polar surface area (TPSA) is 27.6 Å². The molecule has 0 fully saturated rings. The molecule has 2 aliphatic heterocycles. The predicted octanol–water partition coefficient (Wildman–Crippen LogP) is 0.635. The molecule has 0 saturated carbocycles. The van der Waals surface area contributed by atoms with Crippen molar-refractivity contribution >= 4 is 5.84 Å². The molecule has 0 radical (unpaired) electrons. The Bertz CT molecular complexity index is 227. The van der Waals surface area contributed by atoms with Gasteiger partial charge in [-0.05, 0) is 19.1 Å². The van der Waals surface area contributed by atoms with Gasteiger partial charge in [-0.2, -0.15) is 0 Å². The number of rotatable bonds is 0. The molecule has 10 heavy (non-hydrogen) atoms. The second-order valence-corrected chi connectivity index (χ2v) is 2.36. The van der Waals surface area contributed by atoms with Gasteiger partial charge in [0.15, 0.2) is 0 Å². The Balaban J connectivity index is 2.29. The maximum absolute atomic E-state index is 4.30. The Hall–Kier alpha value is -1.09. The lowest BCUT2D eigenvalue weighted by Crippen LogP contribution is -2.35. The summed E-state index contributed by atoms with van der Waals surface area (Å²) < 4.78 is 0. The van der Waals surface area contributed by atoms with Gasteiger partial charge < -0.3 is 0 Å². The van der Waals surface area contributed by atoms with Crippen molar-refractivity contribution in [3.63, 3.8) is 0 Å². The van der Waals surface area contributed by atoms with Crippen LogP contribution < -0.4 is 5.43 Å². The molecule has 0 amide bonds. The van der Waals surface area contributed by atoms with E-state index in [9.17, 15) is 0 Å². The van der Waals surface area contributed by atoms with Crippen molar-refractivity contribution in [1.82, 2.24) is 10.4 Å². The van der Waals surface area contributed by atoms with Crippen LogP contribution in [0, 0.1) is 0 Å². The third kappa shape index (κ3) is 0.752. The smallest absolute Gasteiger partial charge is 0.143 e. The van der Waals surface area contributed by atoms with Crippen molar-refractivity contribution in [2.45, 2.75) is 13.1 Å². The highest BCUT2D eigenvalue weighted by molar-refractivity contribution is 5.95. The lowest BCUT2D eigenvalue weighted by atomic mass is 10.4. The highest BCUT2D eigenvalue weighted by Crippen LogP contribution is 2.07. The predicted molar refractivity (Wildman–Crippen MR) is 40.2 cm³/mol. The average molecular weight is 135 g/mol. The summed E-state index contributed by atoms with van der Waals surface area (Å²) in [6.07, 6.45) is 8.11. The molecule has 1 unspecified atom stereocenters. The standard InChI is InChI=1S/C7H9N3/c1-6-8-7-4-2-3-5-10(7)9-6/h2-6,9H,1H3. The van der Waals surface area contributed by atoms with Gasteiger partial charge in [0.1, 0.15) is 12.0 Å². The number of aliphatic imine (C=N–C) groups is 1. The summed E-state index contributed by atoms with van der Waals surface area (Å²) in [7, 11) is 0. The van der Waals surface area contributed by atoms with Crippen molar-refractivity contribution in [2.24, 2.45) is 4.99 Å². The van der Waals surface area contributed by atoms with Crippen LogP contribution in [0.25, 0.3) is 0 Å². The van der Waals surface area contributed by atoms with E-state index in [0.29, 0.717) is 0 Å². The molecular weight excluding hydrogens is 126 g/mol. The maximum atomic E-state index is 4.30. The van der Waals surface area contributed by atoms with Gasteiger partial charge in [0.2, 0.25) is 0 Å². The molecule has 0 aromatic rings. The van der Waals surface area contributed by atoms with Crippen LogP contribution in [0.2, 0.25) is 0 Å². The number of fused-ring (bicyclic) bond motifs is 1. The van der Waals surface area contributed by atoms with Crippen molar-refractivity contribution in [3.05, 3.63) is 24.4 Å². The molecule has 0 aromatic heterocycles. The second kappa shape index (κ2) is 1.95. The number of hydrogen-bond donors (Lipinski definition) is 1. The third-order valence-corrected chi connectivity index (χ3v) is 1.49. The normalized spacial score (nSPS) is 28.7. The molecule has 2 heterocycles. The maximum Gasteiger partial charge on any atom is 0.143 e. The monoisotopic (exact) mass is 135 g/mol. The van der Waals surface area contributed by atoms with E-state index in [2.05, 4.69) is 10.4 Å². The fraction of sp³-hybridized carbons (Fsp3) is 0.286. The molecule has 52 valence electrons. The Morgan fingerprint density at radius 1 is 1.60 bits per heavy atom. The average Bonchev–Trinajstić information content (AvgIpc) is 2.27. The first-order valence-electron chi connectivity index (χ1n) is 3.34. The molecule has 3 heteroatoms. The number of nitrogens with one attached hydrogen (secondary N) is 1. The number of nitrogens with zero attached hydrogens (tertiary/aromatic N) is 2. The van der Waals surface area contributed by atoms with Crippen molar-refractivity contribution in [2.75, 3.05) is 0 Å². The summed E-state index contributed by atoms with van der Waals surface area (Å²) >= 11 is 0. The van der Waals surface area contributed by atoms with E-state index in [1.165, 1.54) is 0 Å². The Morgan fingerprint density at radius 3 is 3.30 bits per heavy atom. The van der Waals surface area contributed by atoms with Gasteiger partial charge in [-0.1, -0.05) is 6.08 Å². The second-order valence-electron chi connectivity index (χ2n) is 2.36. The highest BCUT2D eigenvalue weighted by atomic mass is 15.6. The molecule has 1 N–H and O–H groups in total. The zero-order valence-electron chi connectivity index (χ0n) is 5.78. The molecular formula is C7H9N3. The summed E-state index contributed by atoms with van der Waals surface area (Å²) in [5.41, 5.74) is 3.15. The molecule has 0 saturated heterocycles. The Morgan fingerprint density at radius 2 is 2.50 bits per heavy atom.